The van der Waals surface area contributed by atoms with Gasteiger partial charge in [-0.25, -0.2) is 0 Å². The third kappa shape index (κ3) is 3.50. The quantitative estimate of drug-likeness (QED) is 0.337. The number of para-hydroxylation sites is 1. The summed E-state index contributed by atoms with van der Waals surface area (Å²) in [5.74, 6) is 0. The number of fused-ring (bicyclic) bond motifs is 3. The van der Waals surface area contributed by atoms with E-state index in [4.69, 9.17) is 9.60 Å². The van der Waals surface area contributed by atoms with Gasteiger partial charge in [0.2, 0.25) is 0 Å². The van der Waals surface area contributed by atoms with Crippen molar-refractivity contribution < 1.29 is 19.6 Å². The molecule has 162 valence electrons. The summed E-state index contributed by atoms with van der Waals surface area (Å²) in [5.41, 5.74) is 4.02. The first kappa shape index (κ1) is 14.2. The van der Waals surface area contributed by atoms with E-state index in [-0.39, 0.29) is 27.8 Å². The van der Waals surface area contributed by atoms with E-state index in [1.54, 1.807) is 12.1 Å². The molecule has 0 amide bonds. The van der Waals surface area contributed by atoms with Gasteiger partial charge in [0.25, 0.3) is 0 Å². The first-order chi connectivity index (χ1) is 19.6. The van der Waals surface area contributed by atoms with Crippen LogP contribution in [-0.4, -0.2) is 21.7 Å². The van der Waals surface area contributed by atoms with Crippen LogP contribution in [0.2, 0.25) is 0 Å². The average molecular weight is 446 g/mol. The molecule has 4 heteroatoms. The molecule has 0 saturated carbocycles. The molecule has 1 heterocycles. The van der Waals surface area contributed by atoms with Gasteiger partial charge in [-0.1, -0.05) is 90.9 Å². The Bertz CT molecular complexity index is 1990. The smallest absolute Gasteiger partial charge is 0.423 e. The highest BCUT2D eigenvalue weighted by Gasteiger charge is 2.16. The summed E-state index contributed by atoms with van der Waals surface area (Å²) in [6.07, 6.45) is 0. The number of hydrogen-bond donors (Lipinski definition) is 2. The van der Waals surface area contributed by atoms with Gasteiger partial charge in [0.15, 0.2) is 0 Å². The first-order valence-corrected chi connectivity index (χ1v) is 10.8. The van der Waals surface area contributed by atoms with Crippen molar-refractivity contribution in [1.29, 1.82) is 0 Å². The maximum absolute atomic E-state index is 9.89. The Labute approximate surface area is 208 Å². The highest BCUT2D eigenvalue weighted by Crippen LogP contribution is 2.33. The zero-order chi connectivity index (χ0) is 29.2. The largest absolute Gasteiger partial charge is 0.488 e. The molecule has 5 aromatic carbocycles. The number of benzene rings is 5. The van der Waals surface area contributed by atoms with Crippen LogP contribution < -0.4 is 5.46 Å². The lowest BCUT2D eigenvalue weighted by atomic mass is 9.80. The van der Waals surface area contributed by atoms with Crippen LogP contribution in [0.5, 0.6) is 0 Å². The van der Waals surface area contributed by atoms with Crippen molar-refractivity contribution in [3.05, 3.63) is 121 Å². The van der Waals surface area contributed by atoms with Crippen LogP contribution >= 0.6 is 0 Å². The third-order valence-electron chi connectivity index (χ3n) is 5.86. The van der Waals surface area contributed by atoms with Gasteiger partial charge in [0, 0.05) is 16.5 Å². The van der Waals surface area contributed by atoms with Crippen LogP contribution in [0.4, 0.5) is 0 Å². The fraction of sp³-hybridized carbons (Fsp3) is 0. The van der Waals surface area contributed by atoms with Crippen molar-refractivity contribution >= 4 is 34.4 Å². The average Bonchev–Trinajstić information content (AvgIpc) is 3.35. The number of aromatic nitrogens is 1. The van der Waals surface area contributed by atoms with Crippen molar-refractivity contribution in [2.24, 2.45) is 0 Å². The van der Waals surface area contributed by atoms with Crippen LogP contribution in [0.15, 0.2) is 121 Å². The van der Waals surface area contributed by atoms with Crippen molar-refractivity contribution in [1.82, 2.24) is 4.57 Å². The summed E-state index contributed by atoms with van der Waals surface area (Å²) >= 11 is 0. The summed E-state index contributed by atoms with van der Waals surface area (Å²) in [6, 6.07) is 22.1. The second kappa shape index (κ2) is 8.34. The van der Waals surface area contributed by atoms with E-state index in [1.165, 1.54) is 4.57 Å². The van der Waals surface area contributed by atoms with Crippen LogP contribution in [0.25, 0.3) is 49.7 Å². The normalized spacial score (nSPS) is 14.1. The molecule has 0 spiro atoms. The molecule has 2 N–H and O–H groups in total. The summed E-state index contributed by atoms with van der Waals surface area (Å²) in [7, 11) is -2.21. The van der Waals surface area contributed by atoms with E-state index < -0.39 is 48.8 Å². The van der Waals surface area contributed by atoms with E-state index in [0.717, 1.165) is 22.3 Å². The molecule has 3 nitrogen and oxygen atoms in total. The Morgan fingerprint density at radius 1 is 0.618 bits per heavy atom. The number of nitrogens with zero attached hydrogens (tertiary/aromatic N) is 1. The molecule has 6 aromatic rings. The lowest BCUT2D eigenvalue weighted by molar-refractivity contribution is 0.426. The molecule has 1 aromatic heterocycles. The monoisotopic (exact) mass is 446 g/mol. The van der Waals surface area contributed by atoms with Gasteiger partial charge in [-0.2, -0.15) is 0 Å². The Morgan fingerprint density at radius 3 is 2.00 bits per heavy atom. The second-order valence-electron chi connectivity index (χ2n) is 7.94. The Morgan fingerprint density at radius 2 is 1.26 bits per heavy atom. The van der Waals surface area contributed by atoms with Gasteiger partial charge in [-0.3, -0.25) is 0 Å². The van der Waals surface area contributed by atoms with Crippen molar-refractivity contribution in [3.63, 3.8) is 0 Å². The Balaban J connectivity index is 1.62. The molecule has 0 aliphatic heterocycles. The molecule has 0 saturated heterocycles. The zero-order valence-corrected chi connectivity index (χ0v) is 17.9. The van der Waals surface area contributed by atoms with E-state index >= 15 is 0 Å². The fourth-order valence-corrected chi connectivity index (χ4v) is 4.23. The van der Waals surface area contributed by atoms with E-state index in [9.17, 15) is 10.0 Å². The molecule has 0 radical (unpaired) electrons. The first-order valence-electron chi connectivity index (χ1n) is 14.3. The molecule has 0 aliphatic rings. The highest BCUT2D eigenvalue weighted by molar-refractivity contribution is 6.59. The lowest BCUT2D eigenvalue weighted by Gasteiger charge is -2.10. The van der Waals surface area contributed by atoms with Crippen molar-refractivity contribution in [2.75, 3.05) is 0 Å². The summed E-state index contributed by atoms with van der Waals surface area (Å²) < 4.78 is 61.1. The van der Waals surface area contributed by atoms with Gasteiger partial charge < -0.3 is 14.6 Å². The Kier molecular flexibility index (Phi) is 3.49. The van der Waals surface area contributed by atoms with Gasteiger partial charge in [-0.05, 0) is 58.0 Å². The third-order valence-corrected chi connectivity index (χ3v) is 5.86. The second-order valence-corrected chi connectivity index (χ2v) is 7.94. The maximum atomic E-state index is 9.89. The summed E-state index contributed by atoms with van der Waals surface area (Å²) in [4.78, 5) is 0. The molecule has 0 unspecified atom stereocenters. The van der Waals surface area contributed by atoms with E-state index in [2.05, 4.69) is 6.07 Å². The minimum absolute atomic E-state index is 0.0187. The molecule has 34 heavy (non-hydrogen) atoms. The van der Waals surface area contributed by atoms with Gasteiger partial charge in [-0.15, -0.1) is 0 Å². The number of hydrogen-bond acceptors (Lipinski definition) is 2. The van der Waals surface area contributed by atoms with E-state index in [1.807, 2.05) is 60.7 Å². The van der Waals surface area contributed by atoms with Crippen LogP contribution in [0.1, 0.15) is 9.60 Å². The van der Waals surface area contributed by atoms with Crippen LogP contribution in [-0.2, 0) is 0 Å². The molecular formula is C30H22BNO2. The molecule has 0 atom stereocenters. The summed E-state index contributed by atoms with van der Waals surface area (Å²) in [5, 5.41) is 19.7. The minimum atomic E-state index is -2.21. The van der Waals surface area contributed by atoms with Crippen LogP contribution in [0.3, 0.4) is 0 Å². The maximum Gasteiger partial charge on any atom is 0.488 e. The fourth-order valence-electron chi connectivity index (χ4n) is 4.23. The predicted octanol–water partition coefficient (Wildman–Crippen LogP) is 5.80. The van der Waals surface area contributed by atoms with Crippen molar-refractivity contribution in [2.45, 2.75) is 0 Å². The SMILES string of the molecule is [2H]c1c([2H])c([2H])c2c(c1[2H])c1c([2H])c(B(O)O)c([2H])c([2H])c1n2-c1ccc(-c2cccc(-c3ccccc3)c2)cc1. The van der Waals surface area contributed by atoms with Crippen molar-refractivity contribution in [3.8, 4) is 27.9 Å². The Hall–Kier alpha value is -4.12. The zero-order valence-electron chi connectivity index (χ0n) is 24.9. The van der Waals surface area contributed by atoms with Crippen LogP contribution in [0, 0.1) is 0 Å². The van der Waals surface area contributed by atoms with E-state index in [0.29, 0.717) is 5.69 Å². The topological polar surface area (TPSA) is 45.4 Å². The molecule has 0 bridgehead atoms. The minimum Gasteiger partial charge on any atom is -0.423 e. The van der Waals surface area contributed by atoms with Gasteiger partial charge in [0.1, 0.15) is 0 Å². The molecule has 0 aliphatic carbocycles. The molecule has 6 rings (SSSR count). The highest BCUT2D eigenvalue weighted by atomic mass is 16.4. The summed E-state index contributed by atoms with van der Waals surface area (Å²) in [6.45, 7) is 0. The van der Waals surface area contributed by atoms with Gasteiger partial charge >= 0.3 is 7.12 Å². The molecule has 0 fully saturated rings. The number of rotatable bonds is 4. The predicted molar refractivity (Wildman–Crippen MR) is 141 cm³/mol. The standard InChI is InChI=1S/C30H22BNO2/c33-31(34)25-15-18-30-28(20-25)27-11-4-5-12-29(27)32(30)26-16-13-22(14-17-26)24-10-6-9-23(19-24)21-7-2-1-3-8-21/h1-20,33-34H/i4D,5D,11D,12D,15D,18D,20D. The molecular weight excluding hydrogens is 417 g/mol. The van der Waals surface area contributed by atoms with Gasteiger partial charge in [0.05, 0.1) is 20.6 Å². The lowest BCUT2D eigenvalue weighted by Crippen LogP contribution is -2.29.